The highest BCUT2D eigenvalue weighted by atomic mass is 16.4. The molecule has 180 valence electrons. The first-order valence-electron chi connectivity index (χ1n) is 12.3. The molecule has 4 aliphatic carbocycles. The fraction of sp³-hybridized carbons (Fsp3) is 0.393. The maximum Gasteiger partial charge on any atom is 0.339 e. The molecule has 1 heterocycles. The first-order valence-corrected chi connectivity index (χ1v) is 12.3. The number of carboxylic acids is 1. The van der Waals surface area contributed by atoms with E-state index in [1.807, 2.05) is 19.1 Å². The molecule has 0 radical (unpaired) electrons. The van der Waals surface area contributed by atoms with E-state index in [0.717, 1.165) is 23.4 Å². The first-order chi connectivity index (χ1) is 16.8. The standard InChI is InChI=1S/C28H29N3O4/c1-16-24(15-29-21-4-7-25(32)23(11-21)27(34)35)26(33)31(30-16)22-5-2-20(3-6-22)28-12-17-8-18(13-28)10-19(9-17)14-28/h2-7,11,15,17-19,30,32H,8-10,12-14H2,1H3,(H,34,35). The van der Waals surface area contributed by atoms with E-state index in [0.29, 0.717) is 22.4 Å². The lowest BCUT2D eigenvalue weighted by Gasteiger charge is -2.57. The van der Waals surface area contributed by atoms with E-state index in [4.69, 9.17) is 0 Å². The molecule has 7 nitrogen and oxygen atoms in total. The van der Waals surface area contributed by atoms with Crippen LogP contribution in [0.1, 0.15) is 65.7 Å². The monoisotopic (exact) mass is 471 g/mol. The van der Waals surface area contributed by atoms with E-state index >= 15 is 0 Å². The number of nitrogens with zero attached hydrogens (tertiary/aromatic N) is 2. The summed E-state index contributed by atoms with van der Waals surface area (Å²) >= 11 is 0. The Morgan fingerprint density at radius 1 is 1.06 bits per heavy atom. The summed E-state index contributed by atoms with van der Waals surface area (Å²) in [5.74, 6) is 1.09. The molecule has 4 fully saturated rings. The lowest BCUT2D eigenvalue weighted by molar-refractivity contribution is -0.00518. The Bertz CT molecular complexity index is 1360. The molecule has 1 aromatic heterocycles. The predicted octanol–water partition coefficient (Wildman–Crippen LogP) is 5.10. The molecule has 0 unspecified atom stereocenters. The van der Waals surface area contributed by atoms with Crippen LogP contribution in [-0.4, -0.2) is 32.2 Å². The maximum absolute atomic E-state index is 13.2. The molecule has 0 saturated heterocycles. The molecule has 35 heavy (non-hydrogen) atoms. The molecule has 4 bridgehead atoms. The Hall–Kier alpha value is -3.61. The van der Waals surface area contributed by atoms with Gasteiger partial charge in [-0.15, -0.1) is 0 Å². The van der Waals surface area contributed by atoms with Crippen LogP contribution < -0.4 is 5.56 Å². The number of carbonyl (C=O) groups is 1. The number of rotatable bonds is 5. The Labute approximate surface area is 203 Å². The molecule has 3 N–H and O–H groups in total. The molecule has 0 atom stereocenters. The lowest BCUT2D eigenvalue weighted by atomic mass is 9.48. The van der Waals surface area contributed by atoms with Crippen LogP contribution in [0.2, 0.25) is 0 Å². The number of benzene rings is 2. The van der Waals surface area contributed by atoms with Crippen molar-refractivity contribution in [2.24, 2.45) is 22.7 Å². The molecule has 0 amide bonds. The highest BCUT2D eigenvalue weighted by Crippen LogP contribution is 2.60. The van der Waals surface area contributed by atoms with Crippen LogP contribution >= 0.6 is 0 Å². The molecular weight excluding hydrogens is 442 g/mol. The number of aromatic carboxylic acids is 1. The first kappa shape index (κ1) is 21.9. The van der Waals surface area contributed by atoms with E-state index < -0.39 is 5.97 Å². The van der Waals surface area contributed by atoms with Gasteiger partial charge < -0.3 is 10.2 Å². The molecule has 3 aromatic rings. The third-order valence-electron chi connectivity index (χ3n) is 8.45. The Balaban J connectivity index is 1.27. The minimum Gasteiger partial charge on any atom is -0.507 e. The fourth-order valence-corrected chi connectivity index (χ4v) is 7.24. The van der Waals surface area contributed by atoms with Crippen LogP contribution in [0.5, 0.6) is 5.75 Å². The van der Waals surface area contributed by atoms with Crippen molar-refractivity contribution in [3.8, 4) is 11.4 Å². The van der Waals surface area contributed by atoms with E-state index in [1.165, 1.54) is 73.2 Å². The van der Waals surface area contributed by atoms with Gasteiger partial charge in [0.15, 0.2) is 0 Å². The third-order valence-corrected chi connectivity index (χ3v) is 8.45. The third kappa shape index (κ3) is 3.70. The Morgan fingerprint density at radius 3 is 2.29 bits per heavy atom. The number of H-pyrrole nitrogens is 1. The van der Waals surface area contributed by atoms with Gasteiger partial charge >= 0.3 is 5.97 Å². The van der Waals surface area contributed by atoms with Gasteiger partial charge in [-0.05, 0) is 105 Å². The van der Waals surface area contributed by atoms with Gasteiger partial charge in [-0.1, -0.05) is 12.1 Å². The SMILES string of the molecule is Cc1[nH]n(-c2ccc(C34CC5CC(CC(C5)C3)C4)cc2)c(=O)c1C=Nc1ccc(O)c(C(=O)O)c1. The zero-order valence-electron chi connectivity index (χ0n) is 19.7. The highest BCUT2D eigenvalue weighted by Gasteiger charge is 2.51. The average Bonchev–Trinajstić information content (AvgIpc) is 3.11. The summed E-state index contributed by atoms with van der Waals surface area (Å²) in [6.45, 7) is 1.81. The number of aliphatic imine (C=N–C) groups is 1. The predicted molar refractivity (Wildman–Crippen MR) is 133 cm³/mol. The number of carboxylic acid groups (broad SMARTS) is 1. The van der Waals surface area contributed by atoms with Gasteiger partial charge in [0.1, 0.15) is 11.3 Å². The smallest absolute Gasteiger partial charge is 0.339 e. The molecule has 4 saturated carbocycles. The minimum atomic E-state index is -1.24. The summed E-state index contributed by atoms with van der Waals surface area (Å²) in [6.07, 6.45) is 9.61. The Morgan fingerprint density at radius 2 is 1.69 bits per heavy atom. The minimum absolute atomic E-state index is 0.217. The Kier molecular flexibility index (Phi) is 4.99. The normalized spacial score (nSPS) is 27.1. The van der Waals surface area contributed by atoms with Crippen molar-refractivity contribution >= 4 is 17.9 Å². The summed E-state index contributed by atoms with van der Waals surface area (Å²) in [4.78, 5) is 28.7. The summed E-state index contributed by atoms with van der Waals surface area (Å²) < 4.78 is 1.53. The van der Waals surface area contributed by atoms with Crippen molar-refractivity contribution in [3.05, 3.63) is 75.2 Å². The van der Waals surface area contributed by atoms with Crippen molar-refractivity contribution in [1.82, 2.24) is 9.78 Å². The second-order valence-corrected chi connectivity index (χ2v) is 10.8. The quantitative estimate of drug-likeness (QED) is 0.450. The van der Waals surface area contributed by atoms with Crippen LogP contribution in [0.25, 0.3) is 5.69 Å². The number of aromatic hydroxyl groups is 1. The van der Waals surface area contributed by atoms with Crippen molar-refractivity contribution in [3.63, 3.8) is 0 Å². The van der Waals surface area contributed by atoms with Gasteiger partial charge in [0.25, 0.3) is 5.56 Å². The van der Waals surface area contributed by atoms with Crippen LogP contribution in [-0.2, 0) is 5.41 Å². The highest BCUT2D eigenvalue weighted by molar-refractivity contribution is 5.92. The molecule has 0 aliphatic heterocycles. The molecule has 0 spiro atoms. The zero-order chi connectivity index (χ0) is 24.3. The number of hydrogen-bond donors (Lipinski definition) is 3. The van der Waals surface area contributed by atoms with Crippen molar-refractivity contribution in [2.45, 2.75) is 50.9 Å². The van der Waals surface area contributed by atoms with Gasteiger partial charge in [-0.25, -0.2) is 9.48 Å². The summed E-state index contributed by atoms with van der Waals surface area (Å²) in [5.41, 5.74) is 3.48. The van der Waals surface area contributed by atoms with E-state index in [9.17, 15) is 19.8 Å². The summed E-state index contributed by atoms with van der Waals surface area (Å²) in [5, 5.41) is 22.0. The van der Waals surface area contributed by atoms with Gasteiger partial charge in [0.05, 0.1) is 16.9 Å². The van der Waals surface area contributed by atoms with Gasteiger partial charge in [0, 0.05) is 11.9 Å². The molecule has 7 heteroatoms. The van der Waals surface area contributed by atoms with Gasteiger partial charge in [-0.3, -0.25) is 14.9 Å². The number of phenols is 1. The average molecular weight is 472 g/mol. The molecular formula is C28H29N3O4. The second-order valence-electron chi connectivity index (χ2n) is 10.8. The van der Waals surface area contributed by atoms with E-state index in [2.05, 4.69) is 22.2 Å². The van der Waals surface area contributed by atoms with E-state index in [1.54, 1.807) is 0 Å². The molecule has 4 aliphatic rings. The van der Waals surface area contributed by atoms with Crippen molar-refractivity contribution < 1.29 is 15.0 Å². The fourth-order valence-electron chi connectivity index (χ4n) is 7.24. The topological polar surface area (TPSA) is 108 Å². The van der Waals surface area contributed by atoms with Crippen LogP contribution in [0, 0.1) is 24.7 Å². The van der Waals surface area contributed by atoms with Gasteiger partial charge in [0.2, 0.25) is 0 Å². The number of hydrogen-bond acceptors (Lipinski definition) is 4. The summed E-state index contributed by atoms with van der Waals surface area (Å²) in [6, 6.07) is 12.5. The van der Waals surface area contributed by atoms with Crippen LogP contribution in [0.3, 0.4) is 0 Å². The molecule has 2 aromatic carbocycles. The van der Waals surface area contributed by atoms with E-state index in [-0.39, 0.29) is 16.9 Å². The number of aromatic amines is 1. The lowest BCUT2D eigenvalue weighted by Crippen LogP contribution is -2.48. The van der Waals surface area contributed by atoms with Crippen LogP contribution in [0.15, 0.2) is 52.3 Å². The summed E-state index contributed by atoms with van der Waals surface area (Å²) in [7, 11) is 0. The maximum atomic E-state index is 13.2. The number of aryl methyl sites for hydroxylation is 1. The largest absolute Gasteiger partial charge is 0.507 e. The van der Waals surface area contributed by atoms with Crippen LogP contribution in [0.4, 0.5) is 5.69 Å². The number of aromatic nitrogens is 2. The second kappa shape index (κ2) is 7.97. The van der Waals surface area contributed by atoms with Gasteiger partial charge in [-0.2, -0.15) is 0 Å². The number of nitrogens with one attached hydrogen (secondary N) is 1. The molecule has 7 rings (SSSR count). The van der Waals surface area contributed by atoms with Crippen molar-refractivity contribution in [1.29, 1.82) is 0 Å². The van der Waals surface area contributed by atoms with Crippen molar-refractivity contribution in [2.75, 3.05) is 0 Å². The zero-order valence-corrected chi connectivity index (χ0v) is 19.7.